The quantitative estimate of drug-likeness (QED) is 0.353. The first-order chi connectivity index (χ1) is 11.6. The molecule has 0 spiro atoms. The molecule has 1 aromatic rings. The molecule has 0 radical (unpaired) electrons. The molecule has 25 heavy (non-hydrogen) atoms. The van der Waals surface area contributed by atoms with Crippen molar-refractivity contribution >= 4 is 13.6 Å². The highest BCUT2D eigenvalue weighted by Crippen LogP contribution is 2.45. The van der Waals surface area contributed by atoms with E-state index in [1.165, 1.54) is 17.7 Å². The number of Topliss-reactive ketones (excluding diaryl/α,β-unsaturated/α-hetero) is 1. The van der Waals surface area contributed by atoms with Crippen LogP contribution in [0.5, 0.6) is 0 Å². The number of aliphatic hydroxyl groups excluding tert-OH is 2. The Morgan fingerprint density at radius 3 is 2.68 bits per heavy atom. The van der Waals surface area contributed by atoms with E-state index in [1.807, 2.05) is 0 Å². The average Bonchev–Trinajstić information content (AvgIpc) is 2.80. The monoisotopic (exact) mass is 376 g/mol. The van der Waals surface area contributed by atoms with Crippen LogP contribution < -0.4 is 4.57 Å². The molecule has 5 atom stereocenters. The number of phosphoric ester groups is 1. The van der Waals surface area contributed by atoms with Crippen LogP contribution in [0.3, 0.4) is 0 Å². The van der Waals surface area contributed by atoms with Crippen LogP contribution in [0, 0.1) is 0 Å². The van der Waals surface area contributed by atoms with Crippen LogP contribution in [-0.2, 0) is 18.3 Å². The first-order valence-corrected chi connectivity index (χ1v) is 9.29. The number of pyridine rings is 1. The van der Waals surface area contributed by atoms with Gasteiger partial charge in [-0.1, -0.05) is 0 Å². The van der Waals surface area contributed by atoms with Gasteiger partial charge in [-0.05, 0) is 26.8 Å². The zero-order chi connectivity index (χ0) is 18.8. The maximum atomic E-state index is 11.7. The Morgan fingerprint density at radius 2 is 2.08 bits per heavy atom. The first-order valence-electron chi connectivity index (χ1n) is 7.80. The largest absolute Gasteiger partial charge is 0.472 e. The lowest BCUT2D eigenvalue weighted by atomic mass is 10.1. The Hall–Kier alpha value is -1.19. The van der Waals surface area contributed by atoms with Crippen molar-refractivity contribution in [2.75, 3.05) is 6.61 Å². The van der Waals surface area contributed by atoms with Gasteiger partial charge in [0.15, 0.2) is 24.3 Å². The maximum Gasteiger partial charge on any atom is 0.472 e. The topological polar surface area (TPSA) is 126 Å². The minimum absolute atomic E-state index is 0.158. The molecule has 1 fully saturated rings. The van der Waals surface area contributed by atoms with Crippen LogP contribution in [0.2, 0.25) is 0 Å². The van der Waals surface area contributed by atoms with Crippen molar-refractivity contribution in [2.24, 2.45) is 0 Å². The van der Waals surface area contributed by atoms with Crippen LogP contribution in [-0.4, -0.2) is 51.9 Å². The molecule has 2 heterocycles. The number of carbonyl (C=O) groups is 1. The lowest BCUT2D eigenvalue weighted by Crippen LogP contribution is -2.46. The normalized spacial score (nSPS) is 28.9. The lowest BCUT2D eigenvalue weighted by Gasteiger charge is -2.18. The van der Waals surface area contributed by atoms with E-state index in [2.05, 4.69) is 0 Å². The third kappa shape index (κ3) is 5.15. The molecule has 10 heteroatoms. The van der Waals surface area contributed by atoms with E-state index in [0.717, 1.165) is 0 Å². The molecule has 9 nitrogen and oxygen atoms in total. The molecule has 0 bridgehead atoms. The van der Waals surface area contributed by atoms with Crippen molar-refractivity contribution in [2.45, 2.75) is 51.4 Å². The third-order valence-corrected chi connectivity index (χ3v) is 4.77. The predicted molar refractivity (Wildman–Crippen MR) is 84.6 cm³/mol. The van der Waals surface area contributed by atoms with E-state index in [4.69, 9.17) is 13.8 Å². The van der Waals surface area contributed by atoms with Gasteiger partial charge in [-0.3, -0.25) is 13.8 Å². The van der Waals surface area contributed by atoms with Crippen LogP contribution in [0.1, 0.15) is 37.4 Å². The van der Waals surface area contributed by atoms with E-state index >= 15 is 0 Å². The number of aromatic nitrogens is 1. The third-order valence-electron chi connectivity index (χ3n) is 3.61. The number of hydrogen-bond donors (Lipinski definition) is 3. The number of rotatable bonds is 7. The highest BCUT2D eigenvalue weighted by atomic mass is 31.2. The summed E-state index contributed by atoms with van der Waals surface area (Å²) >= 11 is 0. The van der Waals surface area contributed by atoms with Gasteiger partial charge in [-0.25, -0.2) is 4.57 Å². The van der Waals surface area contributed by atoms with Gasteiger partial charge in [0.1, 0.15) is 12.2 Å². The fraction of sp³-hybridized carbons (Fsp3) is 0.600. The van der Waals surface area contributed by atoms with Crippen LogP contribution in [0.25, 0.3) is 0 Å². The van der Waals surface area contributed by atoms with E-state index in [-0.39, 0.29) is 5.78 Å². The van der Waals surface area contributed by atoms with Crippen LogP contribution in [0.4, 0.5) is 0 Å². The summed E-state index contributed by atoms with van der Waals surface area (Å²) in [4.78, 5) is 21.0. The van der Waals surface area contributed by atoms with Crippen molar-refractivity contribution in [3.8, 4) is 0 Å². The summed E-state index contributed by atoms with van der Waals surface area (Å²) in [6.07, 6.45) is -2.09. The minimum atomic E-state index is -4.28. The van der Waals surface area contributed by atoms with Gasteiger partial charge in [0.05, 0.1) is 18.3 Å². The van der Waals surface area contributed by atoms with Gasteiger partial charge in [-0.15, -0.1) is 0 Å². The molecule has 1 aliphatic heterocycles. The zero-order valence-electron chi connectivity index (χ0n) is 14.2. The van der Waals surface area contributed by atoms with Gasteiger partial charge < -0.3 is 19.8 Å². The second-order valence-corrected chi connectivity index (χ2v) is 7.47. The molecule has 1 saturated heterocycles. The fourth-order valence-electron chi connectivity index (χ4n) is 2.44. The molecule has 3 N–H and O–H groups in total. The number of aliphatic hydroxyl groups is 2. The summed E-state index contributed by atoms with van der Waals surface area (Å²) in [5.74, 6) is -0.158. The molecule has 1 aliphatic rings. The average molecular weight is 376 g/mol. The van der Waals surface area contributed by atoms with E-state index in [0.29, 0.717) is 5.56 Å². The molecule has 2 rings (SSSR count). The molecule has 0 saturated carbocycles. The summed E-state index contributed by atoms with van der Waals surface area (Å²) in [5.41, 5.74) is 0.415. The second kappa shape index (κ2) is 8.01. The van der Waals surface area contributed by atoms with Crippen LogP contribution >= 0.6 is 7.82 Å². The molecular weight excluding hydrogens is 353 g/mol. The highest BCUT2D eigenvalue weighted by molar-refractivity contribution is 7.47. The molecule has 1 unspecified atom stereocenters. The Labute approximate surface area is 145 Å². The van der Waals surface area contributed by atoms with Gasteiger partial charge in [-0.2, -0.15) is 4.57 Å². The number of hydrogen-bond acceptors (Lipinski definition) is 7. The molecular formula is C15H23NO8P+. The maximum absolute atomic E-state index is 11.7. The highest BCUT2D eigenvalue weighted by Gasteiger charge is 2.49. The SMILES string of the molecule is CC(=O)c1ccc[n+]([C@@H]2O[C@H](COP(=O)(O)OC(C)C)[C@@H](O)[C@H]2O)c1. The van der Waals surface area contributed by atoms with Gasteiger partial charge in [0.2, 0.25) is 0 Å². The van der Waals surface area contributed by atoms with Gasteiger partial charge >= 0.3 is 7.82 Å². The minimum Gasteiger partial charge on any atom is -0.387 e. The number of ether oxygens (including phenoxy) is 1. The smallest absolute Gasteiger partial charge is 0.387 e. The Kier molecular flexibility index (Phi) is 6.45. The summed E-state index contributed by atoms with van der Waals surface area (Å²) in [5, 5.41) is 20.3. The number of phosphoric acid groups is 1. The number of carbonyl (C=O) groups excluding carboxylic acids is 1. The zero-order valence-corrected chi connectivity index (χ0v) is 15.1. The van der Waals surface area contributed by atoms with E-state index in [9.17, 15) is 24.5 Å². The molecule has 1 aromatic heterocycles. The van der Waals surface area contributed by atoms with Crippen molar-refractivity contribution in [3.63, 3.8) is 0 Å². The van der Waals surface area contributed by atoms with Crippen molar-refractivity contribution < 1.29 is 42.8 Å². The Bertz CT molecular complexity index is 667. The predicted octanol–water partition coefficient (Wildman–Crippen LogP) is 0.338. The summed E-state index contributed by atoms with van der Waals surface area (Å²) in [7, 11) is -4.28. The van der Waals surface area contributed by atoms with E-state index < -0.39 is 45.1 Å². The molecule has 140 valence electrons. The second-order valence-electron chi connectivity index (χ2n) is 6.06. The molecule has 0 aliphatic carbocycles. The van der Waals surface area contributed by atoms with Crippen molar-refractivity contribution in [1.29, 1.82) is 0 Å². The van der Waals surface area contributed by atoms with E-state index in [1.54, 1.807) is 32.2 Å². The summed E-state index contributed by atoms with van der Waals surface area (Å²) in [6.45, 7) is 4.12. The van der Waals surface area contributed by atoms with Gasteiger partial charge in [0, 0.05) is 6.07 Å². The summed E-state index contributed by atoms with van der Waals surface area (Å²) in [6, 6.07) is 3.23. The Morgan fingerprint density at radius 1 is 1.40 bits per heavy atom. The standard InChI is InChI=1S/C15H22NO8P/c1-9(2)24-25(20,21)22-8-12-13(18)14(19)15(23-12)16-6-4-5-11(7-16)10(3)17/h4-7,9,12-15,18-19H,8H2,1-3H3/p+1/t12-,13-,14-,15-/m1/s1. The van der Waals surface area contributed by atoms with Gasteiger partial charge in [0.25, 0.3) is 6.23 Å². The Balaban J connectivity index is 2.07. The van der Waals surface area contributed by atoms with Crippen molar-refractivity contribution in [1.82, 2.24) is 0 Å². The number of ketones is 1. The fourth-order valence-corrected chi connectivity index (χ4v) is 3.37. The van der Waals surface area contributed by atoms with Crippen LogP contribution in [0.15, 0.2) is 24.5 Å². The number of nitrogens with zero attached hydrogens (tertiary/aromatic N) is 1. The molecule has 0 amide bonds. The first kappa shape index (κ1) is 20.1. The van der Waals surface area contributed by atoms with Crippen molar-refractivity contribution in [3.05, 3.63) is 30.1 Å². The lowest BCUT2D eigenvalue weighted by molar-refractivity contribution is -0.765. The summed E-state index contributed by atoms with van der Waals surface area (Å²) < 4.78 is 28.3. The molecule has 0 aromatic carbocycles.